The van der Waals surface area contributed by atoms with Gasteiger partial charge in [0.25, 0.3) is 0 Å². The summed E-state index contributed by atoms with van der Waals surface area (Å²) in [6.07, 6.45) is 10.2. The Kier molecular flexibility index (Phi) is 5.40. The van der Waals surface area contributed by atoms with Crippen molar-refractivity contribution in [2.24, 2.45) is 5.92 Å². The molecule has 1 saturated heterocycles. The molecule has 1 atom stereocenters. The summed E-state index contributed by atoms with van der Waals surface area (Å²) in [7, 11) is 0. The summed E-state index contributed by atoms with van der Waals surface area (Å²) in [5.41, 5.74) is 6.39. The van der Waals surface area contributed by atoms with Crippen molar-refractivity contribution in [1.29, 1.82) is 0 Å². The Bertz CT molecular complexity index is 659. The van der Waals surface area contributed by atoms with Gasteiger partial charge in [-0.2, -0.15) is 5.10 Å². The van der Waals surface area contributed by atoms with E-state index in [1.165, 1.54) is 6.20 Å². The van der Waals surface area contributed by atoms with Gasteiger partial charge in [0, 0.05) is 19.5 Å². The van der Waals surface area contributed by atoms with E-state index < -0.39 is 5.97 Å². The average molecular weight is 346 g/mol. The van der Waals surface area contributed by atoms with Crippen LogP contribution in [0.4, 0.5) is 5.82 Å². The highest BCUT2D eigenvalue weighted by Crippen LogP contribution is 2.28. The van der Waals surface area contributed by atoms with Crippen molar-refractivity contribution in [2.75, 3.05) is 25.4 Å². The second kappa shape index (κ2) is 7.72. The highest BCUT2D eigenvalue weighted by molar-refractivity contribution is 5.94. The second-order valence-corrected chi connectivity index (χ2v) is 6.69. The number of rotatable bonds is 5. The topological polar surface area (TPSA) is 90.5 Å². The smallest absolute Gasteiger partial charge is 0.343 e. The van der Waals surface area contributed by atoms with Crippen LogP contribution in [0.15, 0.2) is 18.3 Å². The first-order valence-corrected chi connectivity index (χ1v) is 9.04. The van der Waals surface area contributed by atoms with Crippen molar-refractivity contribution in [3.63, 3.8) is 0 Å². The van der Waals surface area contributed by atoms with E-state index in [1.807, 2.05) is 4.90 Å². The molecule has 1 aromatic rings. The molecule has 1 aromatic heterocycles. The minimum absolute atomic E-state index is 0.110. The van der Waals surface area contributed by atoms with E-state index in [9.17, 15) is 9.59 Å². The summed E-state index contributed by atoms with van der Waals surface area (Å²) in [6, 6.07) is 0.110. The van der Waals surface area contributed by atoms with Crippen molar-refractivity contribution >= 4 is 17.7 Å². The summed E-state index contributed by atoms with van der Waals surface area (Å²) < 4.78 is 6.69. The Morgan fingerprint density at radius 2 is 2.08 bits per heavy atom. The maximum Gasteiger partial charge on any atom is 0.343 e. The maximum atomic E-state index is 12.4. The molecule has 25 heavy (non-hydrogen) atoms. The van der Waals surface area contributed by atoms with E-state index in [2.05, 4.69) is 17.3 Å². The predicted octanol–water partition coefficient (Wildman–Crippen LogP) is 2.16. The number of nitrogens with zero attached hydrogens (tertiary/aromatic N) is 3. The molecule has 1 aliphatic carbocycles. The van der Waals surface area contributed by atoms with E-state index in [4.69, 9.17) is 10.5 Å². The lowest BCUT2D eigenvalue weighted by atomic mass is 10.0. The molecule has 2 aliphatic rings. The van der Waals surface area contributed by atoms with Gasteiger partial charge in [0.2, 0.25) is 5.91 Å². The predicted molar refractivity (Wildman–Crippen MR) is 93.9 cm³/mol. The number of esters is 1. The molecule has 0 spiro atoms. The van der Waals surface area contributed by atoms with Crippen LogP contribution in [-0.4, -0.2) is 46.3 Å². The first kappa shape index (κ1) is 17.5. The molecular formula is C18H26N4O3. The number of nitrogen functional groups attached to an aromatic ring is 1. The molecule has 1 fully saturated rings. The number of hydrogen-bond donors (Lipinski definition) is 1. The zero-order chi connectivity index (χ0) is 17.8. The largest absolute Gasteiger partial charge is 0.462 e. The van der Waals surface area contributed by atoms with Crippen molar-refractivity contribution in [1.82, 2.24) is 14.7 Å². The third kappa shape index (κ3) is 3.86. The van der Waals surface area contributed by atoms with Gasteiger partial charge in [-0.15, -0.1) is 0 Å². The average Bonchev–Trinajstić information content (AvgIpc) is 3.25. The molecule has 0 aromatic carbocycles. The van der Waals surface area contributed by atoms with Gasteiger partial charge in [0.05, 0.1) is 18.8 Å². The molecule has 3 rings (SSSR count). The molecule has 0 radical (unpaired) electrons. The van der Waals surface area contributed by atoms with Gasteiger partial charge >= 0.3 is 5.97 Å². The van der Waals surface area contributed by atoms with Crippen molar-refractivity contribution in [3.05, 3.63) is 23.9 Å². The molecule has 1 aliphatic heterocycles. The summed E-state index contributed by atoms with van der Waals surface area (Å²) in [4.78, 5) is 26.2. The van der Waals surface area contributed by atoms with Gasteiger partial charge in [0.15, 0.2) is 0 Å². The number of allylic oxidation sites excluding steroid dienone is 2. The van der Waals surface area contributed by atoms with E-state index in [0.717, 1.165) is 25.7 Å². The molecule has 2 heterocycles. The number of anilines is 1. The van der Waals surface area contributed by atoms with Gasteiger partial charge in [-0.3, -0.25) is 4.79 Å². The van der Waals surface area contributed by atoms with E-state index in [0.29, 0.717) is 43.4 Å². The highest BCUT2D eigenvalue weighted by atomic mass is 16.5. The van der Waals surface area contributed by atoms with Crippen molar-refractivity contribution < 1.29 is 14.3 Å². The number of hydrogen-bond acceptors (Lipinski definition) is 5. The van der Waals surface area contributed by atoms with Gasteiger partial charge in [-0.25, -0.2) is 9.48 Å². The number of piperidine rings is 1. The number of likely N-dealkylation sites (tertiary alicyclic amines) is 1. The Morgan fingerprint density at radius 3 is 2.72 bits per heavy atom. The maximum absolute atomic E-state index is 12.4. The molecule has 0 bridgehead atoms. The Balaban J connectivity index is 1.56. The van der Waals surface area contributed by atoms with Crippen LogP contribution < -0.4 is 5.73 Å². The third-order valence-corrected chi connectivity index (χ3v) is 5.04. The fraction of sp³-hybridized carbons (Fsp3) is 0.611. The summed E-state index contributed by atoms with van der Waals surface area (Å²) in [6.45, 7) is 3.47. The molecule has 1 amide bonds. The molecule has 0 saturated carbocycles. The van der Waals surface area contributed by atoms with Gasteiger partial charge in [-0.05, 0) is 38.5 Å². The zero-order valence-electron chi connectivity index (χ0n) is 14.7. The zero-order valence-corrected chi connectivity index (χ0v) is 14.7. The standard InChI is InChI=1S/C18H26N4O3/c1-2-25-18(24)15-12-20-22(17(15)19)14-7-9-21(10-8-14)16(23)11-13-5-3-4-6-13/h3,5,12-14H,2,4,6-11,19H2,1H3/t13-/m0/s1. The second-order valence-electron chi connectivity index (χ2n) is 6.69. The highest BCUT2D eigenvalue weighted by Gasteiger charge is 2.28. The Hall–Kier alpha value is -2.31. The fourth-order valence-electron chi connectivity index (χ4n) is 3.61. The SMILES string of the molecule is CCOC(=O)c1cnn(C2CCN(C(=O)C[C@H]3C=CCC3)CC2)c1N. The van der Waals surface area contributed by atoms with Crippen LogP contribution in [0.5, 0.6) is 0 Å². The fourth-order valence-corrected chi connectivity index (χ4v) is 3.61. The molecule has 136 valence electrons. The Morgan fingerprint density at radius 1 is 1.32 bits per heavy atom. The van der Waals surface area contributed by atoms with E-state index >= 15 is 0 Å². The Labute approximate surface area is 147 Å². The van der Waals surface area contributed by atoms with E-state index in [-0.39, 0.29) is 11.9 Å². The third-order valence-electron chi connectivity index (χ3n) is 5.04. The number of ether oxygens (including phenoxy) is 1. The number of amides is 1. The van der Waals surface area contributed by atoms with Crippen LogP contribution in [0.1, 0.15) is 55.4 Å². The van der Waals surface area contributed by atoms with Crippen LogP contribution >= 0.6 is 0 Å². The summed E-state index contributed by atoms with van der Waals surface area (Å²) in [5, 5.41) is 4.27. The lowest BCUT2D eigenvalue weighted by molar-refractivity contribution is -0.133. The van der Waals surface area contributed by atoms with Crippen molar-refractivity contribution in [3.8, 4) is 0 Å². The van der Waals surface area contributed by atoms with Crippen LogP contribution in [0, 0.1) is 5.92 Å². The first-order chi connectivity index (χ1) is 12.1. The monoisotopic (exact) mass is 346 g/mol. The molecular weight excluding hydrogens is 320 g/mol. The number of aromatic nitrogens is 2. The molecule has 7 nitrogen and oxygen atoms in total. The normalized spacial score (nSPS) is 20.8. The lowest BCUT2D eigenvalue weighted by Crippen LogP contribution is -2.39. The molecule has 0 unspecified atom stereocenters. The van der Waals surface area contributed by atoms with Crippen LogP contribution in [0.3, 0.4) is 0 Å². The van der Waals surface area contributed by atoms with Gasteiger partial charge < -0.3 is 15.4 Å². The van der Waals surface area contributed by atoms with Crippen molar-refractivity contribution in [2.45, 2.75) is 45.1 Å². The number of carbonyl (C=O) groups excluding carboxylic acids is 2. The quantitative estimate of drug-likeness (QED) is 0.652. The van der Waals surface area contributed by atoms with Gasteiger partial charge in [-0.1, -0.05) is 12.2 Å². The van der Waals surface area contributed by atoms with Crippen LogP contribution in [-0.2, 0) is 9.53 Å². The van der Waals surface area contributed by atoms with Crippen LogP contribution in [0.2, 0.25) is 0 Å². The summed E-state index contributed by atoms with van der Waals surface area (Å²) >= 11 is 0. The molecule has 7 heteroatoms. The number of carbonyl (C=O) groups is 2. The minimum atomic E-state index is -0.441. The van der Waals surface area contributed by atoms with Crippen LogP contribution in [0.25, 0.3) is 0 Å². The van der Waals surface area contributed by atoms with Gasteiger partial charge in [0.1, 0.15) is 11.4 Å². The minimum Gasteiger partial charge on any atom is -0.462 e. The summed E-state index contributed by atoms with van der Waals surface area (Å²) in [5.74, 6) is 0.539. The lowest BCUT2D eigenvalue weighted by Gasteiger charge is -2.33. The molecule has 2 N–H and O–H groups in total. The van der Waals surface area contributed by atoms with E-state index in [1.54, 1.807) is 11.6 Å². The first-order valence-electron chi connectivity index (χ1n) is 9.04. The number of nitrogens with two attached hydrogens (primary N) is 1.